The zero-order valence-corrected chi connectivity index (χ0v) is 11.8. The van der Waals surface area contributed by atoms with E-state index in [4.69, 9.17) is 0 Å². The van der Waals surface area contributed by atoms with Gasteiger partial charge in [-0.05, 0) is 11.1 Å². The molecule has 0 amide bonds. The second kappa shape index (κ2) is 6.65. The molecule has 0 atom stereocenters. The number of carbonyl (C=O) groups is 2. The largest absolute Gasteiger partial charge is 0.469 e. The molecule has 7 nitrogen and oxygen atoms in total. The number of hydrogen-bond donors (Lipinski definition) is 0. The van der Waals surface area contributed by atoms with Gasteiger partial charge in [0.15, 0.2) is 0 Å². The molecule has 1 aromatic heterocycles. The quantitative estimate of drug-likeness (QED) is 0.758. The van der Waals surface area contributed by atoms with Gasteiger partial charge in [-0.2, -0.15) is 0 Å². The summed E-state index contributed by atoms with van der Waals surface area (Å²) in [6.45, 7) is 0.400. The molecule has 7 heteroatoms. The fourth-order valence-corrected chi connectivity index (χ4v) is 1.84. The predicted octanol–water partition coefficient (Wildman–Crippen LogP) is 0.828. The minimum Gasteiger partial charge on any atom is -0.469 e. The SMILES string of the molecule is COC(=O)Cc1ccccc1Cn1cnc(C(=O)OC)n1. The van der Waals surface area contributed by atoms with Gasteiger partial charge >= 0.3 is 11.9 Å². The molecule has 0 N–H and O–H groups in total. The Kier molecular flexibility index (Phi) is 4.65. The van der Waals surface area contributed by atoms with Gasteiger partial charge in [0.25, 0.3) is 5.82 Å². The molecule has 2 aromatic rings. The number of esters is 2. The van der Waals surface area contributed by atoms with Crippen LogP contribution < -0.4 is 0 Å². The number of nitrogens with zero attached hydrogens (tertiary/aromatic N) is 3. The van der Waals surface area contributed by atoms with Crippen LogP contribution in [0.25, 0.3) is 0 Å². The fourth-order valence-electron chi connectivity index (χ4n) is 1.84. The second-order valence-corrected chi connectivity index (χ2v) is 4.28. The lowest BCUT2D eigenvalue weighted by Crippen LogP contribution is -2.10. The fraction of sp³-hybridized carbons (Fsp3) is 0.286. The molecule has 0 saturated heterocycles. The smallest absolute Gasteiger partial charge is 0.377 e. The van der Waals surface area contributed by atoms with Crippen LogP contribution in [0.15, 0.2) is 30.6 Å². The van der Waals surface area contributed by atoms with Gasteiger partial charge in [-0.3, -0.25) is 4.79 Å². The van der Waals surface area contributed by atoms with E-state index in [1.54, 1.807) is 0 Å². The highest BCUT2D eigenvalue weighted by Gasteiger charge is 2.13. The van der Waals surface area contributed by atoms with Crippen LogP contribution in [-0.2, 0) is 27.2 Å². The van der Waals surface area contributed by atoms with Crippen LogP contribution in [0.3, 0.4) is 0 Å². The maximum absolute atomic E-state index is 11.4. The summed E-state index contributed by atoms with van der Waals surface area (Å²) in [5.74, 6) is -0.893. The van der Waals surface area contributed by atoms with Crippen molar-refractivity contribution in [2.75, 3.05) is 14.2 Å². The molecule has 0 spiro atoms. The zero-order chi connectivity index (χ0) is 15.2. The maximum Gasteiger partial charge on any atom is 0.377 e. The first-order chi connectivity index (χ1) is 10.1. The van der Waals surface area contributed by atoms with E-state index in [2.05, 4.69) is 19.6 Å². The zero-order valence-electron chi connectivity index (χ0n) is 11.8. The highest BCUT2D eigenvalue weighted by atomic mass is 16.5. The molecule has 0 saturated carbocycles. The summed E-state index contributed by atoms with van der Waals surface area (Å²) in [5.41, 5.74) is 1.75. The molecule has 0 fully saturated rings. The maximum atomic E-state index is 11.4. The van der Waals surface area contributed by atoms with Crippen LogP contribution in [0.2, 0.25) is 0 Å². The number of benzene rings is 1. The molecule has 1 aromatic carbocycles. The van der Waals surface area contributed by atoms with Gasteiger partial charge in [0.1, 0.15) is 6.33 Å². The minimum atomic E-state index is -0.586. The summed E-state index contributed by atoms with van der Waals surface area (Å²) >= 11 is 0. The third-order valence-electron chi connectivity index (χ3n) is 2.92. The Morgan fingerprint density at radius 2 is 1.86 bits per heavy atom. The van der Waals surface area contributed by atoms with Crippen LogP contribution in [0, 0.1) is 0 Å². The van der Waals surface area contributed by atoms with Gasteiger partial charge in [-0.1, -0.05) is 24.3 Å². The first-order valence-electron chi connectivity index (χ1n) is 6.25. The molecular weight excluding hydrogens is 274 g/mol. The molecule has 1 heterocycles. The Morgan fingerprint density at radius 3 is 2.52 bits per heavy atom. The topological polar surface area (TPSA) is 83.3 Å². The van der Waals surface area contributed by atoms with E-state index in [1.165, 1.54) is 25.2 Å². The first-order valence-corrected chi connectivity index (χ1v) is 6.25. The van der Waals surface area contributed by atoms with Crippen LogP contribution in [0.5, 0.6) is 0 Å². The van der Waals surface area contributed by atoms with Crippen molar-refractivity contribution >= 4 is 11.9 Å². The Hall–Kier alpha value is -2.70. The van der Waals surface area contributed by atoms with Crippen molar-refractivity contribution in [3.8, 4) is 0 Å². The van der Waals surface area contributed by atoms with Crippen LogP contribution in [-0.4, -0.2) is 40.9 Å². The highest BCUT2D eigenvalue weighted by Crippen LogP contribution is 2.12. The van der Waals surface area contributed by atoms with E-state index in [1.807, 2.05) is 24.3 Å². The van der Waals surface area contributed by atoms with Gasteiger partial charge in [0, 0.05) is 0 Å². The number of hydrogen-bond acceptors (Lipinski definition) is 6. The molecule has 2 rings (SSSR count). The van der Waals surface area contributed by atoms with Gasteiger partial charge in [0.2, 0.25) is 0 Å². The number of methoxy groups -OCH3 is 2. The van der Waals surface area contributed by atoms with E-state index in [0.29, 0.717) is 6.54 Å². The van der Waals surface area contributed by atoms with Crippen LogP contribution in [0.1, 0.15) is 21.7 Å². The summed E-state index contributed by atoms with van der Waals surface area (Å²) in [4.78, 5) is 26.6. The summed E-state index contributed by atoms with van der Waals surface area (Å²) < 4.78 is 10.7. The van der Waals surface area contributed by atoms with Crippen LogP contribution in [0.4, 0.5) is 0 Å². The molecule has 0 bridgehead atoms. The van der Waals surface area contributed by atoms with Crippen molar-refractivity contribution in [2.24, 2.45) is 0 Å². The number of rotatable bonds is 5. The number of carbonyl (C=O) groups excluding carboxylic acids is 2. The summed E-state index contributed by atoms with van der Waals surface area (Å²) in [6.07, 6.45) is 1.63. The van der Waals surface area contributed by atoms with Crippen molar-refractivity contribution in [3.05, 3.63) is 47.5 Å². The number of aromatic nitrogens is 3. The van der Waals surface area contributed by atoms with Gasteiger partial charge < -0.3 is 9.47 Å². The van der Waals surface area contributed by atoms with E-state index in [-0.39, 0.29) is 18.2 Å². The van der Waals surface area contributed by atoms with Gasteiger partial charge in [-0.25, -0.2) is 14.5 Å². The average Bonchev–Trinajstić information content (AvgIpc) is 2.97. The summed E-state index contributed by atoms with van der Waals surface area (Å²) in [7, 11) is 2.62. The van der Waals surface area contributed by atoms with Crippen molar-refractivity contribution in [3.63, 3.8) is 0 Å². The summed E-state index contributed by atoms with van der Waals surface area (Å²) in [5, 5.41) is 4.03. The highest BCUT2D eigenvalue weighted by molar-refractivity contribution is 5.84. The predicted molar refractivity (Wildman–Crippen MR) is 72.6 cm³/mol. The normalized spacial score (nSPS) is 10.2. The third-order valence-corrected chi connectivity index (χ3v) is 2.92. The van der Waals surface area contributed by atoms with E-state index in [9.17, 15) is 9.59 Å². The van der Waals surface area contributed by atoms with E-state index in [0.717, 1.165) is 11.1 Å². The second-order valence-electron chi connectivity index (χ2n) is 4.28. The Bertz CT molecular complexity index is 651. The molecule has 0 radical (unpaired) electrons. The standard InChI is InChI=1S/C14H15N3O4/c1-20-12(18)7-10-5-3-4-6-11(10)8-17-9-15-13(16-17)14(19)21-2/h3-6,9H,7-8H2,1-2H3. The lowest BCUT2D eigenvalue weighted by molar-refractivity contribution is -0.139. The van der Waals surface area contributed by atoms with Crippen molar-refractivity contribution < 1.29 is 19.1 Å². The van der Waals surface area contributed by atoms with Crippen LogP contribution >= 0.6 is 0 Å². The minimum absolute atomic E-state index is 0.00273. The van der Waals surface area contributed by atoms with Gasteiger partial charge in [-0.15, -0.1) is 5.10 Å². The molecular formula is C14H15N3O4. The molecule has 0 unspecified atom stereocenters. The lowest BCUT2D eigenvalue weighted by atomic mass is 10.0. The monoisotopic (exact) mass is 289 g/mol. The third kappa shape index (κ3) is 3.65. The lowest BCUT2D eigenvalue weighted by Gasteiger charge is -2.08. The molecule has 110 valence electrons. The molecule has 0 aliphatic heterocycles. The Labute approximate surface area is 121 Å². The number of ether oxygens (including phenoxy) is 2. The van der Waals surface area contributed by atoms with Crippen molar-refractivity contribution in [1.29, 1.82) is 0 Å². The average molecular weight is 289 g/mol. The molecule has 0 aliphatic carbocycles. The van der Waals surface area contributed by atoms with E-state index < -0.39 is 5.97 Å². The van der Waals surface area contributed by atoms with E-state index >= 15 is 0 Å². The summed E-state index contributed by atoms with van der Waals surface area (Å²) in [6, 6.07) is 7.46. The van der Waals surface area contributed by atoms with Crippen molar-refractivity contribution in [2.45, 2.75) is 13.0 Å². The Morgan fingerprint density at radius 1 is 1.14 bits per heavy atom. The van der Waals surface area contributed by atoms with Gasteiger partial charge in [0.05, 0.1) is 27.2 Å². The van der Waals surface area contributed by atoms with Crippen molar-refractivity contribution in [1.82, 2.24) is 14.8 Å². The first kappa shape index (κ1) is 14.7. The molecule has 0 aliphatic rings. The molecule has 21 heavy (non-hydrogen) atoms. The Balaban J connectivity index is 2.17.